The second-order valence-corrected chi connectivity index (χ2v) is 5.84. The molecule has 1 fully saturated rings. The highest BCUT2D eigenvalue weighted by Crippen LogP contribution is 2.41. The van der Waals surface area contributed by atoms with Gasteiger partial charge in [0.15, 0.2) is 0 Å². The van der Waals surface area contributed by atoms with Gasteiger partial charge >= 0.3 is 0 Å². The van der Waals surface area contributed by atoms with Gasteiger partial charge in [-0.25, -0.2) is 0 Å². The number of fused-ring (bicyclic) bond motifs is 3. The lowest BCUT2D eigenvalue weighted by Crippen LogP contribution is -2.53. The minimum Gasteiger partial charge on any atom is -0.384 e. The van der Waals surface area contributed by atoms with Crippen molar-refractivity contribution in [2.75, 3.05) is 24.7 Å². The van der Waals surface area contributed by atoms with E-state index in [-0.39, 0.29) is 6.04 Å². The molecule has 92 valence electrons. The maximum Gasteiger partial charge on any atom is 0.108 e. The van der Waals surface area contributed by atoms with Crippen LogP contribution in [0.25, 0.3) is 0 Å². The Morgan fingerprint density at radius 3 is 3.29 bits per heavy atom. The van der Waals surface area contributed by atoms with Gasteiger partial charge < -0.3 is 14.7 Å². The number of pyridine rings is 1. The molecule has 0 aliphatic carbocycles. The molecule has 1 N–H and O–H groups in total. The van der Waals surface area contributed by atoms with E-state index in [4.69, 9.17) is 4.74 Å². The Labute approximate surface area is 109 Å². The van der Waals surface area contributed by atoms with Gasteiger partial charge in [0.25, 0.3) is 0 Å². The maximum absolute atomic E-state index is 10.5. The highest BCUT2D eigenvalue weighted by molar-refractivity contribution is 9.10. The normalized spacial score (nSPS) is 31.9. The summed E-state index contributed by atoms with van der Waals surface area (Å²) in [7, 11) is 0. The van der Waals surface area contributed by atoms with Crippen molar-refractivity contribution in [3.63, 3.8) is 0 Å². The molecule has 0 bridgehead atoms. The molecule has 17 heavy (non-hydrogen) atoms. The van der Waals surface area contributed by atoms with Gasteiger partial charge in [-0.1, -0.05) is 0 Å². The molecular weight excluding hydrogens is 284 g/mol. The molecule has 1 saturated heterocycles. The molecule has 0 radical (unpaired) electrons. The van der Waals surface area contributed by atoms with Gasteiger partial charge in [0.05, 0.1) is 30.6 Å². The highest BCUT2D eigenvalue weighted by Gasteiger charge is 2.41. The lowest BCUT2D eigenvalue weighted by molar-refractivity contribution is 0.000883. The van der Waals surface area contributed by atoms with E-state index in [0.29, 0.717) is 13.0 Å². The predicted octanol–water partition coefficient (Wildman–Crippen LogP) is 1.66. The number of hydrogen-bond acceptors (Lipinski definition) is 4. The van der Waals surface area contributed by atoms with E-state index in [1.807, 2.05) is 13.0 Å². The van der Waals surface area contributed by atoms with Crippen LogP contribution in [0.15, 0.2) is 16.7 Å². The van der Waals surface area contributed by atoms with Crippen LogP contribution in [0.4, 0.5) is 5.69 Å². The van der Waals surface area contributed by atoms with Crippen LogP contribution in [-0.4, -0.2) is 35.9 Å². The largest absolute Gasteiger partial charge is 0.384 e. The Kier molecular flexibility index (Phi) is 2.65. The van der Waals surface area contributed by atoms with Crippen molar-refractivity contribution in [2.45, 2.75) is 25.0 Å². The quantitative estimate of drug-likeness (QED) is 0.791. The molecule has 0 aromatic carbocycles. The maximum atomic E-state index is 10.5. The summed E-state index contributed by atoms with van der Waals surface area (Å²) in [5, 5.41) is 10.5. The van der Waals surface area contributed by atoms with Crippen LogP contribution in [0.5, 0.6) is 0 Å². The van der Waals surface area contributed by atoms with Crippen LogP contribution in [0.3, 0.4) is 0 Å². The average molecular weight is 299 g/mol. The van der Waals surface area contributed by atoms with Gasteiger partial charge in [-0.15, -0.1) is 0 Å². The Bertz CT molecular complexity index is 450. The smallest absolute Gasteiger partial charge is 0.108 e. The summed E-state index contributed by atoms with van der Waals surface area (Å²) in [5.74, 6) is 0. The van der Waals surface area contributed by atoms with Crippen LogP contribution in [0.1, 0.15) is 19.0 Å². The van der Waals surface area contributed by atoms with Crippen LogP contribution >= 0.6 is 15.9 Å². The zero-order chi connectivity index (χ0) is 12.0. The fourth-order valence-electron chi connectivity index (χ4n) is 2.76. The van der Waals surface area contributed by atoms with Gasteiger partial charge in [-0.05, 0) is 28.9 Å². The van der Waals surface area contributed by atoms with E-state index in [0.717, 1.165) is 29.0 Å². The van der Waals surface area contributed by atoms with Gasteiger partial charge in [-0.2, -0.15) is 0 Å². The third-order valence-electron chi connectivity index (χ3n) is 3.51. The second-order valence-electron chi connectivity index (χ2n) is 4.92. The monoisotopic (exact) mass is 298 g/mol. The molecule has 3 heterocycles. The standard InChI is InChI=1S/C12H15BrN2O2/c1-12(16)5-9-7-17-3-2-15(9)10-4-8(13)6-14-11(10)12/h4,6,9,16H,2-3,5,7H2,1H3. The number of rotatable bonds is 0. The zero-order valence-electron chi connectivity index (χ0n) is 9.69. The predicted molar refractivity (Wildman–Crippen MR) is 68.1 cm³/mol. The van der Waals surface area contributed by atoms with Gasteiger partial charge in [0.2, 0.25) is 0 Å². The van der Waals surface area contributed by atoms with Crippen molar-refractivity contribution >= 4 is 21.6 Å². The second kappa shape index (κ2) is 3.93. The fraction of sp³-hybridized carbons (Fsp3) is 0.583. The van der Waals surface area contributed by atoms with Crippen molar-refractivity contribution in [2.24, 2.45) is 0 Å². The van der Waals surface area contributed by atoms with Gasteiger partial charge in [0, 0.05) is 23.6 Å². The molecule has 0 spiro atoms. The number of hydrogen-bond donors (Lipinski definition) is 1. The lowest BCUT2D eigenvalue weighted by atomic mass is 9.86. The molecule has 1 aromatic heterocycles. The minimum absolute atomic E-state index is 0.252. The average Bonchev–Trinajstić information content (AvgIpc) is 2.28. The Balaban J connectivity index is 2.11. The molecule has 5 heteroatoms. The van der Waals surface area contributed by atoms with Gasteiger partial charge in [-0.3, -0.25) is 4.98 Å². The molecule has 0 saturated carbocycles. The summed E-state index contributed by atoms with van der Waals surface area (Å²) in [6.45, 7) is 4.12. The fourth-order valence-corrected chi connectivity index (χ4v) is 3.08. The van der Waals surface area contributed by atoms with E-state index < -0.39 is 5.60 Å². The van der Waals surface area contributed by atoms with Crippen molar-refractivity contribution in [1.82, 2.24) is 4.98 Å². The van der Waals surface area contributed by atoms with E-state index in [9.17, 15) is 5.11 Å². The summed E-state index contributed by atoms with van der Waals surface area (Å²) < 4.78 is 6.44. The molecule has 2 unspecified atom stereocenters. The molecule has 2 atom stereocenters. The molecule has 2 aliphatic heterocycles. The van der Waals surface area contributed by atoms with E-state index in [1.54, 1.807) is 6.20 Å². The third kappa shape index (κ3) is 1.86. The highest BCUT2D eigenvalue weighted by atomic mass is 79.9. The first-order valence-electron chi connectivity index (χ1n) is 5.81. The summed E-state index contributed by atoms with van der Waals surface area (Å²) in [6.07, 6.45) is 2.42. The number of aliphatic hydroxyl groups is 1. The zero-order valence-corrected chi connectivity index (χ0v) is 11.3. The van der Waals surface area contributed by atoms with Crippen LogP contribution in [0.2, 0.25) is 0 Å². The van der Waals surface area contributed by atoms with Crippen molar-refractivity contribution < 1.29 is 9.84 Å². The van der Waals surface area contributed by atoms with E-state index in [1.165, 1.54) is 0 Å². The molecule has 4 nitrogen and oxygen atoms in total. The Hall–Kier alpha value is -0.650. The molecule has 1 aromatic rings. The molecule has 0 amide bonds. The first-order chi connectivity index (χ1) is 8.08. The topological polar surface area (TPSA) is 45.6 Å². The first-order valence-corrected chi connectivity index (χ1v) is 6.60. The number of anilines is 1. The SMILES string of the molecule is CC1(O)CC2COCCN2c2cc(Br)cnc21. The van der Waals surface area contributed by atoms with E-state index in [2.05, 4.69) is 25.8 Å². The van der Waals surface area contributed by atoms with Crippen LogP contribution in [0, 0.1) is 0 Å². The molecule has 2 aliphatic rings. The lowest BCUT2D eigenvalue weighted by Gasteiger charge is -2.46. The van der Waals surface area contributed by atoms with Crippen molar-refractivity contribution in [1.29, 1.82) is 0 Å². The summed E-state index contributed by atoms with van der Waals surface area (Å²) >= 11 is 3.44. The molecular formula is C12H15BrN2O2. The number of halogens is 1. The number of ether oxygens (including phenoxy) is 1. The Morgan fingerprint density at radius 1 is 1.65 bits per heavy atom. The van der Waals surface area contributed by atoms with Crippen LogP contribution < -0.4 is 4.90 Å². The third-order valence-corrected chi connectivity index (χ3v) is 3.95. The van der Waals surface area contributed by atoms with Crippen LogP contribution in [-0.2, 0) is 10.3 Å². The number of aromatic nitrogens is 1. The van der Waals surface area contributed by atoms with Crippen molar-refractivity contribution in [3.05, 3.63) is 22.4 Å². The number of nitrogens with zero attached hydrogens (tertiary/aromatic N) is 2. The van der Waals surface area contributed by atoms with Crippen molar-refractivity contribution in [3.8, 4) is 0 Å². The van der Waals surface area contributed by atoms with Gasteiger partial charge in [0.1, 0.15) is 5.60 Å². The summed E-state index contributed by atoms with van der Waals surface area (Å²) in [5.41, 5.74) is 0.945. The first kappa shape index (κ1) is 11.4. The van der Waals surface area contributed by atoms with E-state index >= 15 is 0 Å². The minimum atomic E-state index is -0.863. The number of morpholine rings is 1. The Morgan fingerprint density at radius 2 is 2.47 bits per heavy atom. The summed E-state index contributed by atoms with van der Waals surface area (Å²) in [6, 6.07) is 2.29. The summed E-state index contributed by atoms with van der Waals surface area (Å²) in [4.78, 5) is 6.68. The molecule has 3 rings (SSSR count).